The minimum Gasteiger partial charge on any atom is -0.462 e. The number of aliphatic hydroxyl groups excluding tert-OH is 1. The molecule has 0 spiro atoms. The smallest absolute Gasteiger partial charge is 0.306 e. The number of allylic oxidation sites excluding steroid dienone is 14. The van der Waals surface area contributed by atoms with E-state index in [4.69, 9.17) is 9.47 Å². The molecule has 1 atom stereocenters. The van der Waals surface area contributed by atoms with Crippen LogP contribution in [-0.2, 0) is 19.1 Å². The minimum absolute atomic E-state index is 0.0660. The van der Waals surface area contributed by atoms with Crippen molar-refractivity contribution in [2.75, 3.05) is 13.2 Å². The summed E-state index contributed by atoms with van der Waals surface area (Å²) >= 11 is 0. The molecule has 5 heteroatoms. The SMILES string of the molecule is CC/C=C\C/C=C\C/C=C\C/C=C\C/C=C\C/C=C\C/C=C\CCCCCCCCCCCCCC(=O)OC(CO)COC(=O)CCCCCCCCCCCCCCCCCCCCCCCCCCCCCCCCCC. The zero-order chi connectivity index (χ0) is 56.9. The number of unbranched alkanes of at least 4 members (excludes halogenated alkanes) is 42. The minimum atomic E-state index is -0.778. The number of esters is 2. The van der Waals surface area contributed by atoms with Crippen LogP contribution in [0.15, 0.2) is 85.1 Å². The van der Waals surface area contributed by atoms with Gasteiger partial charge < -0.3 is 14.6 Å². The molecule has 1 unspecified atom stereocenters. The molecular formula is C74H132O5. The third kappa shape index (κ3) is 67.5. The Bertz CT molecular complexity index is 1430. The van der Waals surface area contributed by atoms with Crippen molar-refractivity contribution in [3.8, 4) is 0 Å². The first kappa shape index (κ1) is 76.1. The first-order valence-corrected chi connectivity index (χ1v) is 34.6. The summed E-state index contributed by atoms with van der Waals surface area (Å²) in [5.74, 6) is -0.580. The third-order valence-electron chi connectivity index (χ3n) is 15.5. The van der Waals surface area contributed by atoms with Crippen LogP contribution in [-0.4, -0.2) is 36.4 Å². The van der Waals surface area contributed by atoms with E-state index < -0.39 is 6.10 Å². The highest BCUT2D eigenvalue weighted by atomic mass is 16.6. The lowest BCUT2D eigenvalue weighted by Gasteiger charge is -2.15. The zero-order valence-electron chi connectivity index (χ0n) is 52.6. The van der Waals surface area contributed by atoms with Crippen molar-refractivity contribution in [1.82, 2.24) is 0 Å². The molecule has 79 heavy (non-hydrogen) atoms. The second kappa shape index (κ2) is 69.3. The lowest BCUT2D eigenvalue weighted by Crippen LogP contribution is -2.28. The molecule has 0 heterocycles. The summed E-state index contributed by atoms with van der Waals surface area (Å²) in [6.07, 6.45) is 97.6. The van der Waals surface area contributed by atoms with Gasteiger partial charge >= 0.3 is 11.9 Å². The number of ether oxygens (including phenoxy) is 2. The Labute approximate surface area is 492 Å². The highest BCUT2D eigenvalue weighted by molar-refractivity contribution is 5.70. The molecule has 0 fully saturated rings. The van der Waals surface area contributed by atoms with Gasteiger partial charge in [-0.25, -0.2) is 0 Å². The number of aliphatic hydroxyl groups is 1. The molecule has 0 radical (unpaired) electrons. The number of carbonyl (C=O) groups is 2. The summed E-state index contributed by atoms with van der Waals surface area (Å²) in [5.41, 5.74) is 0. The van der Waals surface area contributed by atoms with E-state index in [0.29, 0.717) is 12.8 Å². The predicted octanol–water partition coefficient (Wildman–Crippen LogP) is 24.0. The summed E-state index contributed by atoms with van der Waals surface area (Å²) in [7, 11) is 0. The molecule has 0 saturated heterocycles. The van der Waals surface area contributed by atoms with Gasteiger partial charge in [-0.15, -0.1) is 0 Å². The van der Waals surface area contributed by atoms with Crippen LogP contribution in [0.2, 0.25) is 0 Å². The van der Waals surface area contributed by atoms with Crippen molar-refractivity contribution in [3.05, 3.63) is 85.1 Å². The normalized spacial score (nSPS) is 12.7. The fourth-order valence-electron chi connectivity index (χ4n) is 10.3. The highest BCUT2D eigenvalue weighted by Crippen LogP contribution is 2.18. The van der Waals surface area contributed by atoms with E-state index in [1.165, 1.54) is 244 Å². The Morgan fingerprint density at radius 3 is 0.823 bits per heavy atom. The number of hydrogen-bond acceptors (Lipinski definition) is 5. The number of rotatable bonds is 64. The molecule has 0 bridgehead atoms. The van der Waals surface area contributed by atoms with E-state index in [2.05, 4.69) is 98.9 Å². The Morgan fingerprint density at radius 2 is 0.544 bits per heavy atom. The molecule has 0 aromatic heterocycles. The van der Waals surface area contributed by atoms with Crippen molar-refractivity contribution in [3.63, 3.8) is 0 Å². The molecule has 0 rings (SSSR count). The summed E-state index contributed by atoms with van der Waals surface area (Å²) in [5, 5.41) is 9.70. The first-order valence-electron chi connectivity index (χ1n) is 34.6. The van der Waals surface area contributed by atoms with Crippen molar-refractivity contribution in [2.24, 2.45) is 0 Å². The maximum absolute atomic E-state index is 12.4. The highest BCUT2D eigenvalue weighted by Gasteiger charge is 2.16. The van der Waals surface area contributed by atoms with Crippen LogP contribution in [0.5, 0.6) is 0 Å². The average molecular weight is 1100 g/mol. The topological polar surface area (TPSA) is 72.8 Å². The van der Waals surface area contributed by atoms with Gasteiger partial charge in [0.25, 0.3) is 0 Å². The van der Waals surface area contributed by atoms with Crippen molar-refractivity contribution in [2.45, 2.75) is 360 Å². The van der Waals surface area contributed by atoms with Crippen LogP contribution in [0.3, 0.4) is 0 Å². The van der Waals surface area contributed by atoms with Crippen LogP contribution < -0.4 is 0 Å². The number of hydrogen-bond donors (Lipinski definition) is 1. The van der Waals surface area contributed by atoms with Crippen LogP contribution in [0, 0.1) is 0 Å². The fraction of sp³-hybridized carbons (Fsp3) is 0.784. The first-order chi connectivity index (χ1) is 39.1. The van der Waals surface area contributed by atoms with Crippen LogP contribution in [0.1, 0.15) is 354 Å². The molecule has 0 aliphatic rings. The molecule has 0 aromatic carbocycles. The Morgan fingerprint density at radius 1 is 0.304 bits per heavy atom. The molecule has 0 amide bonds. The molecule has 1 N–H and O–H groups in total. The summed E-state index contributed by atoms with van der Waals surface area (Å²) < 4.78 is 10.8. The summed E-state index contributed by atoms with van der Waals surface area (Å²) in [4.78, 5) is 24.6. The van der Waals surface area contributed by atoms with Crippen LogP contribution in [0.25, 0.3) is 0 Å². The molecular weight excluding hydrogens is 969 g/mol. The van der Waals surface area contributed by atoms with Gasteiger partial charge in [0.05, 0.1) is 6.61 Å². The standard InChI is InChI=1S/C74H132O5/c1-3-5-7-9-11-13-15-17-19-21-23-25-27-29-31-33-35-37-39-41-43-45-47-49-51-53-55-57-59-61-63-65-67-69-74(77)79-72(70-75)71-78-73(76)68-66-64-62-60-58-56-54-52-50-48-46-44-42-40-38-36-34-32-30-28-26-24-22-20-18-16-14-12-10-8-6-4-2/h5,7,11,13,17,19,23,25,29,31,35,37,41,43,72,75H,3-4,6,8-10,12,14-16,18,20-22,24,26-28,30,32-34,36,38-40,42,44-71H2,1-2H3/b7-5-,13-11-,19-17-,25-23-,31-29-,37-35-,43-41-. The zero-order valence-corrected chi connectivity index (χ0v) is 52.6. The van der Waals surface area contributed by atoms with E-state index >= 15 is 0 Å². The summed E-state index contributed by atoms with van der Waals surface area (Å²) in [6, 6.07) is 0. The van der Waals surface area contributed by atoms with Gasteiger partial charge in [-0.1, -0.05) is 356 Å². The van der Waals surface area contributed by atoms with Gasteiger partial charge in [0.2, 0.25) is 0 Å². The molecule has 0 saturated carbocycles. The Balaban J connectivity index is 3.45. The van der Waals surface area contributed by atoms with Crippen molar-refractivity contribution >= 4 is 11.9 Å². The molecule has 0 aliphatic carbocycles. The van der Waals surface area contributed by atoms with E-state index in [9.17, 15) is 14.7 Å². The van der Waals surface area contributed by atoms with Gasteiger partial charge in [-0.05, 0) is 70.6 Å². The van der Waals surface area contributed by atoms with Gasteiger partial charge in [-0.3, -0.25) is 9.59 Å². The van der Waals surface area contributed by atoms with Gasteiger partial charge in [0.1, 0.15) is 6.61 Å². The Kier molecular flexibility index (Phi) is 66.8. The second-order valence-electron chi connectivity index (χ2n) is 23.2. The Hall–Kier alpha value is -2.92. The predicted molar refractivity (Wildman–Crippen MR) is 348 cm³/mol. The second-order valence-corrected chi connectivity index (χ2v) is 23.2. The van der Waals surface area contributed by atoms with E-state index in [1.54, 1.807) is 0 Å². The van der Waals surface area contributed by atoms with Gasteiger partial charge in [0, 0.05) is 12.8 Å². The fourth-order valence-corrected chi connectivity index (χ4v) is 10.3. The van der Waals surface area contributed by atoms with Crippen molar-refractivity contribution in [1.29, 1.82) is 0 Å². The van der Waals surface area contributed by atoms with E-state index in [0.717, 1.165) is 83.5 Å². The van der Waals surface area contributed by atoms with E-state index in [1.807, 2.05) is 0 Å². The molecule has 0 aromatic rings. The van der Waals surface area contributed by atoms with Crippen LogP contribution in [0.4, 0.5) is 0 Å². The monoisotopic (exact) mass is 1100 g/mol. The van der Waals surface area contributed by atoms with E-state index in [-0.39, 0.29) is 25.2 Å². The van der Waals surface area contributed by atoms with Gasteiger partial charge in [0.15, 0.2) is 6.10 Å². The average Bonchev–Trinajstić information content (AvgIpc) is 3.45. The van der Waals surface area contributed by atoms with Gasteiger partial charge in [-0.2, -0.15) is 0 Å². The number of carbonyl (C=O) groups excluding carboxylic acids is 2. The molecule has 5 nitrogen and oxygen atoms in total. The lowest BCUT2D eigenvalue weighted by atomic mass is 10.0. The quantitative estimate of drug-likeness (QED) is 0.0373. The van der Waals surface area contributed by atoms with Crippen molar-refractivity contribution < 1.29 is 24.2 Å². The molecule has 0 aliphatic heterocycles. The summed E-state index contributed by atoms with van der Waals surface area (Å²) in [6.45, 7) is 4.07. The molecule has 458 valence electrons. The maximum atomic E-state index is 12.4. The maximum Gasteiger partial charge on any atom is 0.306 e. The largest absolute Gasteiger partial charge is 0.462 e. The van der Waals surface area contributed by atoms with Crippen LogP contribution >= 0.6 is 0 Å². The lowest BCUT2D eigenvalue weighted by molar-refractivity contribution is -0.161. The third-order valence-corrected chi connectivity index (χ3v) is 15.5.